The molecule has 0 aromatic heterocycles. The molecule has 0 radical (unpaired) electrons. The third-order valence-electron chi connectivity index (χ3n) is 3.62. The fourth-order valence-corrected chi connectivity index (χ4v) is 2.39. The molecule has 6 heteroatoms. The van der Waals surface area contributed by atoms with Crippen molar-refractivity contribution in [3.63, 3.8) is 0 Å². The van der Waals surface area contributed by atoms with Crippen LogP contribution in [0.4, 0.5) is 0 Å². The van der Waals surface area contributed by atoms with Gasteiger partial charge in [-0.1, -0.05) is 24.3 Å². The minimum atomic E-state index is 0.113. The number of nitrogens with two attached hydrogens (primary N) is 1. The third-order valence-corrected chi connectivity index (χ3v) is 3.62. The number of nitrogens with one attached hydrogen (secondary N) is 5. The number of hydrogen-bond acceptors (Lipinski definition) is 5. The first-order valence-corrected chi connectivity index (χ1v) is 7.57. The molecule has 6 nitrogen and oxygen atoms in total. The van der Waals surface area contributed by atoms with Crippen LogP contribution >= 0.6 is 0 Å². The fourth-order valence-electron chi connectivity index (χ4n) is 2.39. The van der Waals surface area contributed by atoms with Crippen LogP contribution in [0.1, 0.15) is 17.2 Å². The lowest BCUT2D eigenvalue weighted by atomic mass is 10.0. The summed E-state index contributed by atoms with van der Waals surface area (Å²) in [5.74, 6) is 0.113. The number of amidine groups is 1. The van der Waals surface area contributed by atoms with Crippen molar-refractivity contribution in [3.05, 3.63) is 35.4 Å². The lowest BCUT2D eigenvalue weighted by Gasteiger charge is -2.21. The summed E-state index contributed by atoms with van der Waals surface area (Å²) in [5.41, 5.74) is 7.49. The van der Waals surface area contributed by atoms with E-state index in [4.69, 9.17) is 11.1 Å². The van der Waals surface area contributed by atoms with E-state index in [9.17, 15) is 0 Å². The van der Waals surface area contributed by atoms with Crippen LogP contribution in [0.5, 0.6) is 0 Å². The van der Waals surface area contributed by atoms with Gasteiger partial charge < -0.3 is 27.0 Å². The van der Waals surface area contributed by atoms with Gasteiger partial charge in [-0.05, 0) is 5.56 Å². The molecule has 0 amide bonds. The second-order valence-electron chi connectivity index (χ2n) is 5.25. The van der Waals surface area contributed by atoms with E-state index in [1.165, 1.54) is 5.56 Å². The van der Waals surface area contributed by atoms with E-state index in [1.54, 1.807) is 0 Å². The Morgan fingerprint density at radius 3 is 2.10 bits per heavy atom. The maximum atomic E-state index is 7.45. The van der Waals surface area contributed by atoms with Gasteiger partial charge in [0.05, 0.1) is 0 Å². The first kappa shape index (κ1) is 15.9. The monoisotopic (exact) mass is 290 g/mol. The molecule has 7 N–H and O–H groups in total. The summed E-state index contributed by atoms with van der Waals surface area (Å²) < 4.78 is 0. The van der Waals surface area contributed by atoms with Gasteiger partial charge in [-0.3, -0.25) is 5.41 Å². The van der Waals surface area contributed by atoms with E-state index in [0.29, 0.717) is 0 Å². The van der Waals surface area contributed by atoms with Crippen molar-refractivity contribution in [2.75, 3.05) is 45.8 Å². The molecule has 0 spiro atoms. The van der Waals surface area contributed by atoms with Crippen LogP contribution in [0.15, 0.2) is 24.3 Å². The second-order valence-corrected chi connectivity index (χ2v) is 5.25. The molecular formula is C15H26N6. The summed E-state index contributed by atoms with van der Waals surface area (Å²) in [6.07, 6.45) is 0. The zero-order valence-corrected chi connectivity index (χ0v) is 12.4. The maximum absolute atomic E-state index is 7.45. The highest BCUT2D eigenvalue weighted by Gasteiger charge is 2.11. The molecule has 1 aromatic carbocycles. The molecule has 2 rings (SSSR count). The normalized spacial score (nSPS) is 22.0. The van der Waals surface area contributed by atoms with Gasteiger partial charge in [0, 0.05) is 57.4 Å². The van der Waals surface area contributed by atoms with Gasteiger partial charge in [-0.25, -0.2) is 0 Å². The molecule has 116 valence electrons. The van der Waals surface area contributed by atoms with Gasteiger partial charge in [0.15, 0.2) is 0 Å². The Bertz CT molecular complexity index is 418. The van der Waals surface area contributed by atoms with Crippen molar-refractivity contribution in [3.8, 4) is 0 Å². The van der Waals surface area contributed by atoms with Crippen molar-refractivity contribution in [1.82, 2.24) is 21.3 Å². The number of hydrogen-bond donors (Lipinski definition) is 6. The Labute approximate surface area is 126 Å². The average Bonchev–Trinajstić information content (AvgIpc) is 2.48. The van der Waals surface area contributed by atoms with Crippen molar-refractivity contribution in [2.45, 2.75) is 6.04 Å². The molecule has 1 unspecified atom stereocenters. The highest BCUT2D eigenvalue weighted by molar-refractivity contribution is 5.94. The van der Waals surface area contributed by atoms with E-state index < -0.39 is 0 Å². The van der Waals surface area contributed by atoms with E-state index in [0.717, 1.165) is 51.4 Å². The molecule has 1 saturated heterocycles. The van der Waals surface area contributed by atoms with Gasteiger partial charge in [0.2, 0.25) is 0 Å². The van der Waals surface area contributed by atoms with Crippen molar-refractivity contribution in [1.29, 1.82) is 5.41 Å². The Morgan fingerprint density at radius 1 is 0.905 bits per heavy atom. The smallest absolute Gasteiger partial charge is 0.122 e. The predicted molar refractivity (Wildman–Crippen MR) is 86.8 cm³/mol. The number of nitrogen functional groups attached to an aromatic ring is 1. The van der Waals surface area contributed by atoms with Crippen LogP contribution < -0.4 is 27.0 Å². The van der Waals surface area contributed by atoms with Gasteiger partial charge in [0.25, 0.3) is 0 Å². The topological polar surface area (TPSA) is 98.0 Å². The molecule has 0 bridgehead atoms. The molecule has 21 heavy (non-hydrogen) atoms. The van der Waals surface area contributed by atoms with E-state index >= 15 is 0 Å². The lowest BCUT2D eigenvalue weighted by molar-refractivity contribution is 0.464. The minimum absolute atomic E-state index is 0.113. The van der Waals surface area contributed by atoms with Crippen molar-refractivity contribution in [2.24, 2.45) is 5.73 Å². The van der Waals surface area contributed by atoms with E-state index in [-0.39, 0.29) is 11.9 Å². The maximum Gasteiger partial charge on any atom is 0.122 e. The Kier molecular flexibility index (Phi) is 6.62. The zero-order valence-electron chi connectivity index (χ0n) is 12.4. The van der Waals surface area contributed by atoms with Crippen molar-refractivity contribution >= 4 is 5.84 Å². The SMILES string of the molecule is N=C(N)c1ccc(C2CNCCNCCNCCN2)cc1. The van der Waals surface area contributed by atoms with Gasteiger partial charge in [0.1, 0.15) is 5.84 Å². The van der Waals surface area contributed by atoms with E-state index in [2.05, 4.69) is 21.3 Å². The van der Waals surface area contributed by atoms with Crippen LogP contribution in [0.3, 0.4) is 0 Å². The summed E-state index contributed by atoms with van der Waals surface area (Å²) >= 11 is 0. The highest BCUT2D eigenvalue weighted by Crippen LogP contribution is 2.13. The average molecular weight is 290 g/mol. The second kappa shape index (κ2) is 8.74. The summed E-state index contributed by atoms with van der Waals surface area (Å²) in [5, 5.41) is 21.3. The molecule has 1 aliphatic rings. The number of rotatable bonds is 2. The standard InChI is InChI=1S/C15H26N6/c16-15(17)13-3-1-12(2-4-13)14-11-20-8-7-18-5-6-19-9-10-21-14/h1-4,14,18-21H,5-11H2,(H3,16,17). The first-order valence-electron chi connectivity index (χ1n) is 7.57. The van der Waals surface area contributed by atoms with Gasteiger partial charge in [-0.2, -0.15) is 0 Å². The van der Waals surface area contributed by atoms with Crippen LogP contribution in [0, 0.1) is 5.41 Å². The molecule has 1 aliphatic heterocycles. The van der Waals surface area contributed by atoms with Crippen LogP contribution in [-0.4, -0.2) is 51.6 Å². The lowest BCUT2D eigenvalue weighted by Crippen LogP contribution is -2.41. The zero-order chi connectivity index (χ0) is 14.9. The Balaban J connectivity index is 1.97. The highest BCUT2D eigenvalue weighted by atomic mass is 15.0. The summed E-state index contributed by atoms with van der Waals surface area (Å²) in [6.45, 7) is 6.74. The van der Waals surface area contributed by atoms with Gasteiger partial charge in [-0.15, -0.1) is 0 Å². The Hall–Kier alpha value is -1.47. The molecule has 1 aromatic rings. The fraction of sp³-hybridized carbons (Fsp3) is 0.533. The summed E-state index contributed by atoms with van der Waals surface area (Å²) in [7, 11) is 0. The minimum Gasteiger partial charge on any atom is -0.384 e. The number of benzene rings is 1. The summed E-state index contributed by atoms with van der Waals surface area (Å²) in [4.78, 5) is 0. The largest absolute Gasteiger partial charge is 0.384 e. The van der Waals surface area contributed by atoms with Gasteiger partial charge >= 0.3 is 0 Å². The third kappa shape index (κ3) is 5.43. The Morgan fingerprint density at radius 2 is 1.48 bits per heavy atom. The van der Waals surface area contributed by atoms with Crippen LogP contribution in [-0.2, 0) is 0 Å². The molecule has 1 fully saturated rings. The first-order chi connectivity index (χ1) is 10.3. The molecule has 0 aliphatic carbocycles. The van der Waals surface area contributed by atoms with Crippen LogP contribution in [0.25, 0.3) is 0 Å². The molecule has 0 saturated carbocycles. The quantitative estimate of drug-likeness (QED) is 0.322. The molecule has 1 atom stereocenters. The molecular weight excluding hydrogens is 264 g/mol. The van der Waals surface area contributed by atoms with Crippen LogP contribution in [0.2, 0.25) is 0 Å². The predicted octanol–water partition coefficient (Wildman–Crippen LogP) is -0.616. The van der Waals surface area contributed by atoms with E-state index in [1.807, 2.05) is 24.3 Å². The van der Waals surface area contributed by atoms with Crippen molar-refractivity contribution < 1.29 is 0 Å². The summed E-state index contributed by atoms with van der Waals surface area (Å²) in [6, 6.07) is 8.19. The molecule has 1 heterocycles.